The van der Waals surface area contributed by atoms with Crippen LogP contribution in [0.1, 0.15) is 6.42 Å². The van der Waals surface area contributed by atoms with Crippen molar-refractivity contribution in [3.63, 3.8) is 0 Å². The van der Waals surface area contributed by atoms with Crippen LogP contribution in [0.3, 0.4) is 0 Å². The maximum atomic E-state index is 2.51. The van der Waals surface area contributed by atoms with Gasteiger partial charge in [-0.3, -0.25) is 0 Å². The van der Waals surface area contributed by atoms with Crippen LogP contribution in [0.15, 0.2) is 9.67 Å². The van der Waals surface area contributed by atoms with Crippen LogP contribution in [0.4, 0.5) is 0 Å². The van der Waals surface area contributed by atoms with E-state index in [4.69, 9.17) is 0 Å². The van der Waals surface area contributed by atoms with Crippen LogP contribution in [0.25, 0.3) is 0 Å². The van der Waals surface area contributed by atoms with E-state index >= 15 is 0 Å². The summed E-state index contributed by atoms with van der Waals surface area (Å²) in [7, 11) is 2.20. The van der Waals surface area contributed by atoms with Gasteiger partial charge in [0.15, 0.2) is 0 Å². The molecule has 0 aromatic rings. The molecular weight excluding hydrogens is 241 g/mol. The molecule has 0 bridgehead atoms. The molecular formula is C9H19NSn. The second-order valence-electron chi connectivity index (χ2n) is 4.49. The summed E-state index contributed by atoms with van der Waals surface area (Å²) in [6.45, 7) is 2.46. The zero-order chi connectivity index (χ0) is 8.48. The first-order valence-corrected chi connectivity index (χ1v) is 14.4. The van der Waals surface area contributed by atoms with Gasteiger partial charge in [-0.1, -0.05) is 0 Å². The van der Waals surface area contributed by atoms with E-state index in [1.165, 1.54) is 19.5 Å². The summed E-state index contributed by atoms with van der Waals surface area (Å²) in [5, 5.41) is 0. The van der Waals surface area contributed by atoms with E-state index in [1.807, 2.05) is 3.59 Å². The van der Waals surface area contributed by atoms with E-state index in [2.05, 4.69) is 32.8 Å². The molecule has 64 valence electrons. The molecule has 2 heteroatoms. The van der Waals surface area contributed by atoms with Crippen molar-refractivity contribution in [1.29, 1.82) is 0 Å². The monoisotopic (exact) mass is 261 g/mol. The van der Waals surface area contributed by atoms with E-state index in [-0.39, 0.29) is 0 Å². The third kappa shape index (κ3) is 2.79. The summed E-state index contributed by atoms with van der Waals surface area (Å²) in [6, 6.07) is 0. The van der Waals surface area contributed by atoms with Crippen LogP contribution in [0, 0.1) is 0 Å². The van der Waals surface area contributed by atoms with Gasteiger partial charge in [-0.15, -0.1) is 0 Å². The maximum absolute atomic E-state index is 2.51. The van der Waals surface area contributed by atoms with Gasteiger partial charge in [-0.05, 0) is 0 Å². The quantitative estimate of drug-likeness (QED) is 0.653. The number of hydrogen-bond donors (Lipinski definition) is 0. The molecule has 0 fully saturated rings. The standard InChI is InChI=1S/C6H10N.3CH3.Sn/c1-7-5-3-2-4-6-7;;;;/h3H,4-6H2,1H3;3*1H3;. The molecule has 1 aliphatic heterocycles. The summed E-state index contributed by atoms with van der Waals surface area (Å²) in [5.41, 5.74) is 0. The van der Waals surface area contributed by atoms with E-state index in [0.29, 0.717) is 0 Å². The molecule has 1 nitrogen and oxygen atoms in total. The van der Waals surface area contributed by atoms with Crippen molar-refractivity contribution in [3.05, 3.63) is 9.67 Å². The van der Waals surface area contributed by atoms with Crippen molar-refractivity contribution >= 4 is 18.4 Å². The van der Waals surface area contributed by atoms with E-state index < -0.39 is 18.4 Å². The molecule has 0 radical (unpaired) electrons. The Morgan fingerprint density at radius 1 is 1.36 bits per heavy atom. The third-order valence-electron chi connectivity index (χ3n) is 2.38. The van der Waals surface area contributed by atoms with Crippen molar-refractivity contribution < 1.29 is 0 Å². The summed E-state index contributed by atoms with van der Waals surface area (Å²) in [6.07, 6.45) is 3.82. The first kappa shape index (κ1) is 9.59. The van der Waals surface area contributed by atoms with Crippen molar-refractivity contribution in [2.24, 2.45) is 0 Å². The van der Waals surface area contributed by atoms with Gasteiger partial charge in [0.05, 0.1) is 0 Å². The normalized spacial score (nSPS) is 21.6. The van der Waals surface area contributed by atoms with E-state index in [9.17, 15) is 0 Å². The van der Waals surface area contributed by atoms with Crippen LogP contribution in [0.2, 0.25) is 14.8 Å². The van der Waals surface area contributed by atoms with Crippen LogP contribution >= 0.6 is 0 Å². The second-order valence-corrected chi connectivity index (χ2v) is 19.2. The molecule has 0 aromatic carbocycles. The fourth-order valence-corrected chi connectivity index (χ4v) is 5.92. The average molecular weight is 260 g/mol. The molecule has 11 heavy (non-hydrogen) atoms. The molecule has 0 atom stereocenters. The van der Waals surface area contributed by atoms with Crippen LogP contribution < -0.4 is 0 Å². The van der Waals surface area contributed by atoms with Gasteiger partial charge in [0, 0.05) is 0 Å². The SMILES string of the molecule is CN1CC=[C]([Sn]([CH3])([CH3])[CH3])CC1. The molecule has 1 aliphatic rings. The number of rotatable bonds is 1. The fourth-order valence-electron chi connectivity index (χ4n) is 1.45. The third-order valence-corrected chi connectivity index (χ3v) is 9.17. The van der Waals surface area contributed by atoms with Gasteiger partial charge in [-0.2, -0.15) is 0 Å². The van der Waals surface area contributed by atoms with Crippen molar-refractivity contribution in [2.45, 2.75) is 21.2 Å². The molecule has 0 aliphatic carbocycles. The molecule has 0 N–H and O–H groups in total. The Balaban J connectivity index is 2.62. The predicted octanol–water partition coefficient (Wildman–Crippen LogP) is 2.13. The minimum absolute atomic E-state index is 1.18. The molecule has 0 saturated carbocycles. The number of likely N-dealkylation sites (N-methyl/N-ethyl adjacent to an activating group) is 1. The van der Waals surface area contributed by atoms with Crippen molar-refractivity contribution in [2.75, 3.05) is 20.1 Å². The van der Waals surface area contributed by atoms with Gasteiger partial charge >= 0.3 is 74.3 Å². The number of hydrogen-bond acceptors (Lipinski definition) is 1. The molecule has 1 rings (SSSR count). The topological polar surface area (TPSA) is 3.24 Å². The summed E-state index contributed by atoms with van der Waals surface area (Å²) in [4.78, 5) is 9.91. The molecule has 0 saturated heterocycles. The molecule has 0 amide bonds. The zero-order valence-corrected chi connectivity index (χ0v) is 11.0. The van der Waals surface area contributed by atoms with Gasteiger partial charge in [0.25, 0.3) is 0 Å². The predicted molar refractivity (Wildman–Crippen MR) is 53.5 cm³/mol. The Morgan fingerprint density at radius 3 is 2.36 bits per heavy atom. The van der Waals surface area contributed by atoms with Crippen LogP contribution in [-0.4, -0.2) is 43.4 Å². The fraction of sp³-hybridized carbons (Fsp3) is 0.778. The Kier molecular flexibility index (Phi) is 3.03. The molecule has 0 unspecified atom stereocenters. The Hall–Kier alpha value is 0.499. The summed E-state index contributed by atoms with van der Waals surface area (Å²) in [5.74, 6) is 0. The van der Waals surface area contributed by atoms with Gasteiger partial charge < -0.3 is 0 Å². The summed E-state index contributed by atoms with van der Waals surface area (Å²) < 4.78 is 1.83. The van der Waals surface area contributed by atoms with Crippen molar-refractivity contribution in [1.82, 2.24) is 4.90 Å². The zero-order valence-electron chi connectivity index (χ0n) is 8.15. The second kappa shape index (κ2) is 3.48. The minimum atomic E-state index is -1.64. The molecule has 1 heterocycles. The molecule has 0 spiro atoms. The van der Waals surface area contributed by atoms with Gasteiger partial charge in [-0.25, -0.2) is 0 Å². The Morgan fingerprint density at radius 2 is 2.00 bits per heavy atom. The Labute approximate surface area is 74.3 Å². The Bertz CT molecular complexity index is 167. The van der Waals surface area contributed by atoms with Gasteiger partial charge in [0.2, 0.25) is 0 Å². The van der Waals surface area contributed by atoms with Crippen LogP contribution in [0.5, 0.6) is 0 Å². The van der Waals surface area contributed by atoms with E-state index in [0.717, 1.165) is 0 Å². The van der Waals surface area contributed by atoms with Crippen molar-refractivity contribution in [3.8, 4) is 0 Å². The van der Waals surface area contributed by atoms with E-state index in [1.54, 1.807) is 0 Å². The first-order valence-electron chi connectivity index (χ1n) is 4.38. The average Bonchev–Trinajstić information content (AvgIpc) is 1.86. The first-order chi connectivity index (χ1) is 5.00. The van der Waals surface area contributed by atoms with Gasteiger partial charge in [0.1, 0.15) is 0 Å². The van der Waals surface area contributed by atoms with Crippen LogP contribution in [-0.2, 0) is 0 Å². The summed E-state index contributed by atoms with van der Waals surface area (Å²) >= 11 is -1.64. The molecule has 0 aromatic heterocycles. The number of nitrogens with zero attached hydrogens (tertiary/aromatic N) is 1.